The zero-order valence-corrected chi connectivity index (χ0v) is 23.8. The number of aryl methyl sites for hydroxylation is 2. The summed E-state index contributed by atoms with van der Waals surface area (Å²) in [7, 11) is 0. The van der Waals surface area contributed by atoms with Crippen LogP contribution in [0, 0.1) is 13.8 Å². The van der Waals surface area contributed by atoms with Crippen LogP contribution < -0.4 is 0 Å². The van der Waals surface area contributed by atoms with Gasteiger partial charge >= 0.3 is 0 Å². The van der Waals surface area contributed by atoms with Gasteiger partial charge in [-0.2, -0.15) is 0 Å². The highest BCUT2D eigenvalue weighted by Gasteiger charge is 2.51. The lowest BCUT2D eigenvalue weighted by Crippen LogP contribution is -2.44. The highest BCUT2D eigenvalue weighted by Crippen LogP contribution is 2.54. The molecule has 0 aliphatic heterocycles. The summed E-state index contributed by atoms with van der Waals surface area (Å²) in [4.78, 5) is 0. The summed E-state index contributed by atoms with van der Waals surface area (Å²) in [5.41, 5.74) is 7.45. The van der Waals surface area contributed by atoms with Gasteiger partial charge in [0.15, 0.2) is 0 Å². The van der Waals surface area contributed by atoms with Crippen molar-refractivity contribution in [1.29, 1.82) is 0 Å². The van der Waals surface area contributed by atoms with E-state index in [1.807, 2.05) is 105 Å². The minimum Gasteiger partial charge on any atom is -0.376 e. The maximum atomic E-state index is 13.2. The van der Waals surface area contributed by atoms with Crippen molar-refractivity contribution in [3.05, 3.63) is 190 Å². The minimum absolute atomic E-state index is 0.677. The predicted molar refractivity (Wildman–Crippen MR) is 170 cm³/mol. The summed E-state index contributed by atoms with van der Waals surface area (Å²) < 4.78 is 0. The number of rotatable bonds is 4. The summed E-state index contributed by atoms with van der Waals surface area (Å²) >= 11 is 0. The van der Waals surface area contributed by atoms with E-state index >= 15 is 0 Å². The average Bonchev–Trinajstić information content (AvgIpc) is 3.04. The number of hydrogen-bond acceptors (Lipinski definition) is 2. The van der Waals surface area contributed by atoms with Crippen molar-refractivity contribution in [1.82, 2.24) is 0 Å². The number of fused-ring (bicyclic) bond motifs is 2. The van der Waals surface area contributed by atoms with Crippen molar-refractivity contribution in [3.63, 3.8) is 0 Å². The normalized spacial score (nSPS) is 19.1. The number of aliphatic hydroxyl groups is 2. The lowest BCUT2D eigenvalue weighted by molar-refractivity contribution is 0.0748. The van der Waals surface area contributed by atoms with Crippen LogP contribution in [0.5, 0.6) is 0 Å². The van der Waals surface area contributed by atoms with Gasteiger partial charge in [-0.05, 0) is 81.6 Å². The van der Waals surface area contributed by atoms with E-state index in [2.05, 4.69) is 54.6 Å². The number of hydrogen-bond donors (Lipinski definition) is 2. The van der Waals surface area contributed by atoms with E-state index in [0.29, 0.717) is 22.3 Å². The van der Waals surface area contributed by atoms with E-state index < -0.39 is 11.2 Å². The Kier molecular flexibility index (Phi) is 6.20. The third-order valence-corrected chi connectivity index (χ3v) is 8.68. The van der Waals surface area contributed by atoms with Gasteiger partial charge in [-0.15, -0.1) is 0 Å². The Balaban J connectivity index is 1.61. The van der Waals surface area contributed by atoms with Gasteiger partial charge in [0.1, 0.15) is 11.2 Å². The maximum Gasteiger partial charge on any atom is 0.141 e. The first kappa shape index (κ1) is 26.2. The Morgan fingerprint density at radius 3 is 1.17 bits per heavy atom. The zero-order valence-electron chi connectivity index (χ0n) is 23.8. The largest absolute Gasteiger partial charge is 0.376 e. The fourth-order valence-electron chi connectivity index (χ4n) is 6.59. The Bertz CT molecular complexity index is 1830. The minimum atomic E-state index is -1.51. The SMILES string of the molecule is Cc1cccc(C2(O)c3ccc(-c4ccccc4)cc3C(O)(c3cccc(C)c3)c3cc(-c4ccccc4)ccc32)c1. The van der Waals surface area contributed by atoms with Gasteiger partial charge in [-0.3, -0.25) is 0 Å². The van der Waals surface area contributed by atoms with Crippen LogP contribution in [0.15, 0.2) is 146 Å². The lowest BCUT2D eigenvalue weighted by Gasteiger charge is -2.45. The van der Waals surface area contributed by atoms with E-state index in [1.165, 1.54) is 0 Å². The predicted octanol–water partition coefficient (Wildman–Crippen LogP) is 8.52. The second-order valence-corrected chi connectivity index (χ2v) is 11.4. The Labute approximate surface area is 247 Å². The second-order valence-electron chi connectivity index (χ2n) is 11.4. The van der Waals surface area contributed by atoms with Crippen LogP contribution in [-0.4, -0.2) is 10.2 Å². The maximum absolute atomic E-state index is 13.2. The van der Waals surface area contributed by atoms with Gasteiger partial charge in [0.05, 0.1) is 0 Å². The molecule has 0 radical (unpaired) electrons. The molecule has 0 saturated carbocycles. The molecule has 0 saturated heterocycles. The van der Waals surface area contributed by atoms with Gasteiger partial charge in [-0.1, -0.05) is 145 Å². The first-order valence-corrected chi connectivity index (χ1v) is 14.4. The molecule has 2 heteroatoms. The molecule has 2 nitrogen and oxygen atoms in total. The van der Waals surface area contributed by atoms with Crippen LogP contribution in [0.2, 0.25) is 0 Å². The molecule has 204 valence electrons. The zero-order chi connectivity index (χ0) is 28.9. The standard InChI is InChI=1S/C40H32O2/c1-27-11-9-17-33(23-27)39(41)35-21-19-31(29-13-5-3-6-14-29)25-37(35)40(42,34-18-10-12-28(2)24-34)38-26-32(20-22-36(38)39)30-15-7-4-8-16-30/h3-26,41-42H,1-2H3. The van der Waals surface area contributed by atoms with Gasteiger partial charge in [0.25, 0.3) is 0 Å². The third-order valence-electron chi connectivity index (χ3n) is 8.68. The van der Waals surface area contributed by atoms with Crippen LogP contribution in [0.1, 0.15) is 44.5 Å². The van der Waals surface area contributed by atoms with Crippen LogP contribution in [0.25, 0.3) is 22.3 Å². The molecule has 1 aliphatic carbocycles. The van der Waals surface area contributed by atoms with Crippen molar-refractivity contribution in [2.75, 3.05) is 0 Å². The van der Waals surface area contributed by atoms with Gasteiger partial charge in [0.2, 0.25) is 0 Å². The summed E-state index contributed by atoms with van der Waals surface area (Å²) in [6.45, 7) is 4.08. The first-order valence-electron chi connectivity index (χ1n) is 14.4. The first-order chi connectivity index (χ1) is 20.4. The van der Waals surface area contributed by atoms with Gasteiger partial charge in [0, 0.05) is 0 Å². The fraction of sp³-hybridized carbons (Fsp3) is 0.100. The molecular formula is C40H32O2. The van der Waals surface area contributed by atoms with E-state index in [4.69, 9.17) is 0 Å². The molecule has 0 unspecified atom stereocenters. The van der Waals surface area contributed by atoms with Crippen LogP contribution in [0.3, 0.4) is 0 Å². The molecule has 0 heterocycles. The van der Waals surface area contributed by atoms with Crippen molar-refractivity contribution < 1.29 is 10.2 Å². The molecule has 42 heavy (non-hydrogen) atoms. The van der Waals surface area contributed by atoms with E-state index in [1.54, 1.807) is 0 Å². The topological polar surface area (TPSA) is 40.5 Å². The third kappa shape index (κ3) is 4.03. The molecule has 6 aromatic rings. The van der Waals surface area contributed by atoms with Crippen LogP contribution in [-0.2, 0) is 11.2 Å². The molecule has 2 N–H and O–H groups in total. The Morgan fingerprint density at radius 1 is 0.357 bits per heavy atom. The fourth-order valence-corrected chi connectivity index (χ4v) is 6.59. The molecule has 7 rings (SSSR count). The summed E-state index contributed by atoms with van der Waals surface area (Å²) in [6, 6.07) is 48.7. The van der Waals surface area contributed by atoms with Crippen LogP contribution in [0.4, 0.5) is 0 Å². The quantitative estimate of drug-likeness (QED) is 0.234. The number of benzene rings is 6. The van der Waals surface area contributed by atoms with Crippen molar-refractivity contribution in [3.8, 4) is 22.3 Å². The van der Waals surface area contributed by atoms with E-state index in [0.717, 1.165) is 44.5 Å². The van der Waals surface area contributed by atoms with Gasteiger partial charge < -0.3 is 10.2 Å². The highest BCUT2D eigenvalue weighted by molar-refractivity contribution is 5.75. The average molecular weight is 545 g/mol. The summed E-state index contributed by atoms with van der Waals surface area (Å²) in [6.07, 6.45) is 0. The second kappa shape index (κ2) is 9.95. The van der Waals surface area contributed by atoms with E-state index in [-0.39, 0.29) is 0 Å². The molecule has 1 aliphatic rings. The smallest absolute Gasteiger partial charge is 0.141 e. The van der Waals surface area contributed by atoms with Crippen molar-refractivity contribution in [2.45, 2.75) is 25.0 Å². The molecule has 0 bridgehead atoms. The highest BCUT2D eigenvalue weighted by atomic mass is 16.3. The molecule has 0 amide bonds. The summed E-state index contributed by atoms with van der Waals surface area (Å²) in [5, 5.41) is 26.3. The van der Waals surface area contributed by atoms with Gasteiger partial charge in [-0.25, -0.2) is 0 Å². The van der Waals surface area contributed by atoms with Crippen molar-refractivity contribution >= 4 is 0 Å². The molecule has 0 spiro atoms. The molecule has 0 fully saturated rings. The summed E-state index contributed by atoms with van der Waals surface area (Å²) in [5.74, 6) is 0. The molecule has 6 aromatic carbocycles. The monoisotopic (exact) mass is 544 g/mol. The Hall–Kier alpha value is -4.76. The molecule has 0 atom stereocenters. The molecule has 0 aromatic heterocycles. The molecular weight excluding hydrogens is 512 g/mol. The Morgan fingerprint density at radius 2 is 0.762 bits per heavy atom. The van der Waals surface area contributed by atoms with E-state index in [9.17, 15) is 10.2 Å². The van der Waals surface area contributed by atoms with Crippen molar-refractivity contribution in [2.24, 2.45) is 0 Å². The van der Waals surface area contributed by atoms with Crippen LogP contribution >= 0.6 is 0 Å². The lowest BCUT2D eigenvalue weighted by atomic mass is 9.62.